The maximum absolute atomic E-state index is 11.4. The van der Waals surface area contributed by atoms with Gasteiger partial charge in [-0.15, -0.1) is 56.2 Å². The van der Waals surface area contributed by atoms with Crippen molar-refractivity contribution < 1.29 is 39.9 Å². The second-order valence-electron chi connectivity index (χ2n) is 14.5. The van der Waals surface area contributed by atoms with Crippen molar-refractivity contribution in [2.45, 2.75) is 114 Å². The third-order valence-electron chi connectivity index (χ3n) is 8.29. The van der Waals surface area contributed by atoms with Crippen molar-refractivity contribution in [2.75, 3.05) is 35.6 Å². The van der Waals surface area contributed by atoms with Gasteiger partial charge in [0.1, 0.15) is 32.3 Å². The topological polar surface area (TPSA) is 317 Å². The van der Waals surface area contributed by atoms with Crippen molar-refractivity contribution in [3.63, 3.8) is 0 Å². The van der Waals surface area contributed by atoms with Gasteiger partial charge in [-0.1, -0.05) is 55.2 Å². The average Bonchev–Trinajstić information content (AvgIpc) is 3.63. The Labute approximate surface area is 433 Å². The fourth-order valence-corrected chi connectivity index (χ4v) is 8.19. The molecule has 0 saturated heterocycles. The molecule has 6 rings (SSSR count). The quantitative estimate of drug-likeness (QED) is 0.0330. The van der Waals surface area contributed by atoms with E-state index in [2.05, 4.69) is 39.0 Å². The number of nitrogen functional groups attached to an aromatic ring is 3. The molecular formula is C44H68Cl4N12O8S2. The summed E-state index contributed by atoms with van der Waals surface area (Å²) in [5.41, 5.74) is 20.7. The number of alkyl halides is 4. The van der Waals surface area contributed by atoms with Gasteiger partial charge >= 0.3 is 22.0 Å². The number of esters is 1. The summed E-state index contributed by atoms with van der Waals surface area (Å²) in [6.07, 6.45) is 0. The molecule has 8 N–H and O–H groups in total. The Morgan fingerprint density at radius 1 is 0.671 bits per heavy atom. The second kappa shape index (κ2) is 32.8. The van der Waals surface area contributed by atoms with Crippen LogP contribution in [0.5, 0.6) is 0 Å². The van der Waals surface area contributed by atoms with Crippen LogP contribution in [0, 0.1) is 83.1 Å². The number of carbonyl (C=O) groups is 1. The molecule has 0 aliphatic rings. The molecule has 4 heterocycles. The van der Waals surface area contributed by atoms with Crippen molar-refractivity contribution in [1.29, 1.82) is 0 Å². The van der Waals surface area contributed by atoms with Crippen LogP contribution < -0.4 is 27.9 Å². The van der Waals surface area contributed by atoms with Crippen molar-refractivity contribution >= 4 is 90.3 Å². The number of aromatic nitrogens is 8. The van der Waals surface area contributed by atoms with Gasteiger partial charge in [0.25, 0.3) is 5.78 Å². The molecule has 0 spiro atoms. The lowest BCUT2D eigenvalue weighted by atomic mass is 10.1. The largest absolute Gasteiger partial charge is 0.744 e. The minimum absolute atomic E-state index is 0. The molecule has 0 aliphatic heterocycles. The Balaban J connectivity index is -0.000000768. The molecular weight excluding hydrogens is 1030 g/mol. The van der Waals surface area contributed by atoms with E-state index < -0.39 is 26.2 Å². The minimum atomic E-state index is -4.33. The normalized spacial score (nSPS) is 10.1. The van der Waals surface area contributed by atoms with E-state index in [9.17, 15) is 26.2 Å². The van der Waals surface area contributed by atoms with Crippen LogP contribution in [-0.2, 0) is 39.9 Å². The number of benzene rings is 2. The number of hydrogen-bond donors (Lipinski definition) is 4. The van der Waals surface area contributed by atoms with Gasteiger partial charge < -0.3 is 15.0 Å². The van der Waals surface area contributed by atoms with Crippen LogP contribution in [0.3, 0.4) is 0 Å². The molecule has 0 bridgehead atoms. The molecule has 20 nitrogen and oxygen atoms in total. The lowest BCUT2D eigenvalue weighted by molar-refractivity contribution is -0.633. The summed E-state index contributed by atoms with van der Waals surface area (Å²) in [7, 11) is -6.83. The summed E-state index contributed by atoms with van der Waals surface area (Å²) in [6.45, 7) is 21.9. The predicted octanol–water partition coefficient (Wildman–Crippen LogP) is 7.24. The van der Waals surface area contributed by atoms with Gasteiger partial charge in [0.15, 0.2) is 5.82 Å². The van der Waals surface area contributed by atoms with E-state index in [-0.39, 0.29) is 35.9 Å². The highest BCUT2D eigenvalue weighted by atomic mass is 35.5. The van der Waals surface area contributed by atoms with Gasteiger partial charge in [-0.25, -0.2) is 27.9 Å². The van der Waals surface area contributed by atoms with E-state index in [0.29, 0.717) is 51.6 Å². The van der Waals surface area contributed by atoms with Crippen LogP contribution in [0.25, 0.3) is 5.78 Å². The maximum atomic E-state index is 11.4. The number of carbonyl (C=O) groups excluding carboxylic acids is 1. The molecule has 0 atom stereocenters. The van der Waals surface area contributed by atoms with E-state index in [4.69, 9.17) is 69.6 Å². The van der Waals surface area contributed by atoms with Gasteiger partial charge in [-0.2, -0.15) is 23.6 Å². The smallest absolute Gasteiger partial charge is 0.411 e. The highest BCUT2D eigenvalue weighted by Crippen LogP contribution is 2.23. The van der Waals surface area contributed by atoms with Crippen LogP contribution in [0.2, 0.25) is 0 Å². The molecule has 0 fully saturated rings. The van der Waals surface area contributed by atoms with E-state index in [1.54, 1.807) is 56.5 Å². The minimum Gasteiger partial charge on any atom is -0.744 e. The highest BCUT2D eigenvalue weighted by Gasteiger charge is 2.19. The van der Waals surface area contributed by atoms with Gasteiger partial charge in [0.05, 0.1) is 23.2 Å². The number of aryl methyl sites for hydroxylation is 12. The predicted molar refractivity (Wildman–Crippen MR) is 279 cm³/mol. The first-order chi connectivity index (χ1) is 31.4. The van der Waals surface area contributed by atoms with E-state index in [1.807, 2.05) is 73.6 Å². The lowest BCUT2D eigenvalue weighted by Crippen LogP contribution is -2.50. The van der Waals surface area contributed by atoms with Gasteiger partial charge in [-0.3, -0.25) is 16.4 Å². The second-order valence-corrected chi connectivity index (χ2v) is 18.6. The number of nitrogens with zero attached hydrogens (tertiary/aromatic N) is 8. The zero-order valence-corrected chi connectivity index (χ0v) is 44.8. The molecule has 0 aliphatic carbocycles. The first-order valence-corrected chi connectivity index (χ1v) is 24.6. The number of methoxy groups -OCH3 is 1. The number of rotatable bonds is 5. The molecule has 0 unspecified atom stereocenters. The number of anilines is 2. The van der Waals surface area contributed by atoms with Crippen molar-refractivity contribution in [2.24, 2.45) is 5.90 Å². The lowest BCUT2D eigenvalue weighted by Gasteiger charge is -2.14. The molecule has 0 amide bonds. The molecule has 26 heteroatoms. The first kappa shape index (κ1) is 69.2. The zero-order valence-electron chi connectivity index (χ0n) is 40.1. The van der Waals surface area contributed by atoms with Crippen LogP contribution in [-0.4, -0.2) is 80.2 Å². The van der Waals surface area contributed by atoms with Crippen molar-refractivity contribution in [3.05, 3.63) is 116 Å². The average molecular weight is 1100 g/mol. The van der Waals surface area contributed by atoms with Crippen LogP contribution >= 0.6 is 46.4 Å². The standard InChI is InChI=1S/C9H13NO3S.C9H12O3S.C8H9ClN4.C6H10N4.C6H9N3.C3H5ClO2.CH2Cl2.2CH4/c1-6-4-7(2)9(8(3)5-6)14(11,12)13-10;1-6-4-7(2)9(8(3)5-6)13(10,11)12;1-5-3-6(2)13-8(10-5)11-7(4-9)12-13;1-4-3-5(2)10(8)6(7)9-4;1-4-3-5(2)9-6(7)8-4;1-6-3(5)2-4;2-1-3;;/h4-5H,10H2,1-3H3;4-5H,1-3H3,(H,10,11,12);3H,4H2,1-2H3;3,7H,8H2,1-2H3;3H,1-2H3,(H2,7,8,9);2H2,1H3;1H2;2*1H4. The van der Waals surface area contributed by atoms with E-state index in [1.165, 1.54) is 11.8 Å². The van der Waals surface area contributed by atoms with E-state index >= 15 is 0 Å². The molecule has 0 saturated carbocycles. The fourth-order valence-electron chi connectivity index (χ4n) is 6.06. The SMILES string of the molecule is C.C.COC(=O)CCl.Cc1cc(C)[n+](N)c(N)n1.Cc1cc(C)c(S(=O)(=O)ON)c(C)c1.Cc1cc(C)c(S(=O)(=O)[O-])c(C)c1.Cc1cc(C)n2nc(CCl)nc2n1.Cc1cc(C)nc(N)n1.ClCCl. The molecule has 0 radical (unpaired) electrons. The van der Waals surface area contributed by atoms with Crippen LogP contribution in [0.1, 0.15) is 88.2 Å². The van der Waals surface area contributed by atoms with Crippen LogP contribution in [0.15, 0.2) is 52.3 Å². The Morgan fingerprint density at radius 2 is 1.09 bits per heavy atom. The molecule has 70 heavy (non-hydrogen) atoms. The summed E-state index contributed by atoms with van der Waals surface area (Å²) in [5, 5.41) is 4.38. The molecule has 6 aromatic rings. The van der Waals surface area contributed by atoms with Gasteiger partial charge in [0, 0.05) is 28.8 Å². The Kier molecular flexibility index (Phi) is 32.4. The highest BCUT2D eigenvalue weighted by molar-refractivity contribution is 7.86. The Bertz CT molecular complexity index is 2710. The number of ether oxygens (including phenoxy) is 1. The zero-order chi connectivity index (χ0) is 52.9. The van der Waals surface area contributed by atoms with E-state index in [0.717, 1.165) is 45.3 Å². The monoisotopic (exact) mass is 1100 g/mol. The summed E-state index contributed by atoms with van der Waals surface area (Å²) in [5.74, 6) is 12.0. The van der Waals surface area contributed by atoms with Gasteiger partial charge in [-0.05, 0) is 117 Å². The summed E-state index contributed by atoms with van der Waals surface area (Å²) in [4.78, 5) is 30.0. The molecule has 4 aromatic heterocycles. The van der Waals surface area contributed by atoms with Gasteiger partial charge in [0.2, 0.25) is 5.95 Å². The van der Waals surface area contributed by atoms with Crippen LogP contribution in [0.4, 0.5) is 11.9 Å². The third kappa shape index (κ3) is 24.2. The van der Waals surface area contributed by atoms with Crippen molar-refractivity contribution in [3.8, 4) is 0 Å². The summed E-state index contributed by atoms with van der Waals surface area (Å²) < 4.78 is 66.5. The first-order valence-electron chi connectivity index (χ1n) is 19.7. The summed E-state index contributed by atoms with van der Waals surface area (Å²) in [6, 6.07) is 12.7. The number of halogens is 4. The number of hydrogen-bond acceptors (Lipinski definition) is 18. The maximum Gasteiger partial charge on any atom is 0.411 e. The fraction of sp³-hybridized carbons (Fsp3) is 0.409. The van der Waals surface area contributed by atoms with Crippen molar-refractivity contribution in [1.82, 2.24) is 34.5 Å². The summed E-state index contributed by atoms with van der Waals surface area (Å²) >= 11 is 20.1. The Morgan fingerprint density at radius 3 is 1.43 bits per heavy atom. The molecule has 392 valence electrons. The number of nitrogens with two attached hydrogens (primary N) is 4. The Hall–Kier alpha value is -5.04. The number of fused-ring (bicyclic) bond motifs is 1. The third-order valence-corrected chi connectivity index (χ3v) is 11.3. The molecule has 2 aromatic carbocycles.